The van der Waals surface area contributed by atoms with Gasteiger partial charge in [0.05, 0.1) is 6.61 Å². The Labute approximate surface area is 81.5 Å². The molecule has 15 heavy (non-hydrogen) atoms. The Morgan fingerprint density at radius 2 is 1.73 bits per heavy atom. The van der Waals surface area contributed by atoms with Crippen LogP contribution in [0.25, 0.3) is 0 Å². The smallest absolute Gasteiger partial charge is 0.371 e. The first-order chi connectivity index (χ1) is 6.73. The number of hydrogen-bond acceptors (Lipinski definition) is 2. The quantitative estimate of drug-likeness (QED) is 0.402. The van der Waals surface area contributed by atoms with Gasteiger partial charge in [-0.05, 0) is 0 Å². The second-order valence-electron chi connectivity index (χ2n) is 2.41. The Balaban J connectivity index is 4.48. The summed E-state index contributed by atoms with van der Waals surface area (Å²) in [5, 5.41) is 0. The lowest BCUT2D eigenvalue weighted by Gasteiger charge is -2.26. The zero-order valence-electron chi connectivity index (χ0n) is 7.36. The van der Waals surface area contributed by atoms with Gasteiger partial charge in [-0.1, -0.05) is 6.08 Å². The summed E-state index contributed by atoms with van der Waals surface area (Å²) in [6.45, 7) is -2.88. The first-order valence-corrected chi connectivity index (χ1v) is 3.63. The van der Waals surface area contributed by atoms with E-state index in [1.54, 1.807) is 0 Å². The summed E-state index contributed by atoms with van der Waals surface area (Å²) < 4.78 is 78.8. The van der Waals surface area contributed by atoms with Gasteiger partial charge in [-0.3, -0.25) is 4.74 Å². The van der Waals surface area contributed by atoms with Crippen molar-refractivity contribution in [3.8, 4) is 0 Å². The molecule has 90 valence electrons. The van der Waals surface area contributed by atoms with Crippen LogP contribution in [0.1, 0.15) is 0 Å². The maximum Gasteiger partial charge on any atom is 0.451 e. The minimum absolute atomic E-state index is 0.408. The second-order valence-corrected chi connectivity index (χ2v) is 2.41. The lowest BCUT2D eigenvalue weighted by Crippen LogP contribution is -2.48. The van der Waals surface area contributed by atoms with Gasteiger partial charge in [0, 0.05) is 0 Å². The lowest BCUT2D eigenvalue weighted by atomic mass is 10.3. The Bertz CT molecular complexity index is 204. The molecule has 1 atom stereocenters. The first-order valence-electron chi connectivity index (χ1n) is 3.63. The standard InChI is InChI=1S/C7H8F6O2/c1-2-3-14-4-6(10,7(11,12)13)15-5(8)9/h2,5H,1,3-4H2. The van der Waals surface area contributed by atoms with Crippen LogP contribution in [0.4, 0.5) is 26.3 Å². The average Bonchev–Trinajstić information content (AvgIpc) is 2.01. The van der Waals surface area contributed by atoms with Crippen LogP contribution in [0.3, 0.4) is 0 Å². The topological polar surface area (TPSA) is 18.5 Å². The molecule has 1 unspecified atom stereocenters. The zero-order chi connectivity index (χ0) is 12.1. The van der Waals surface area contributed by atoms with Gasteiger partial charge < -0.3 is 4.74 Å². The van der Waals surface area contributed by atoms with E-state index in [1.165, 1.54) is 0 Å². The summed E-state index contributed by atoms with van der Waals surface area (Å²) >= 11 is 0. The molecule has 0 bridgehead atoms. The lowest BCUT2D eigenvalue weighted by molar-refractivity contribution is -0.385. The van der Waals surface area contributed by atoms with Crippen LogP contribution in [0, 0.1) is 0 Å². The molecule has 0 heterocycles. The summed E-state index contributed by atoms with van der Waals surface area (Å²) in [7, 11) is 0. The predicted octanol–water partition coefficient (Wildman–Crippen LogP) is 2.66. The van der Waals surface area contributed by atoms with Crippen molar-refractivity contribution in [2.45, 2.75) is 18.6 Å². The zero-order valence-corrected chi connectivity index (χ0v) is 7.36. The number of alkyl halides is 6. The SMILES string of the molecule is C=CCOCC(F)(OC(F)F)C(F)(F)F. The summed E-state index contributed by atoms with van der Waals surface area (Å²) in [6, 6.07) is 0. The van der Waals surface area contributed by atoms with Gasteiger partial charge in [0.15, 0.2) is 0 Å². The summed E-state index contributed by atoms with van der Waals surface area (Å²) in [5.41, 5.74) is 0. The highest BCUT2D eigenvalue weighted by Gasteiger charge is 2.59. The number of rotatable bonds is 6. The van der Waals surface area contributed by atoms with Crippen LogP contribution in [0.5, 0.6) is 0 Å². The highest BCUT2D eigenvalue weighted by Crippen LogP contribution is 2.36. The van der Waals surface area contributed by atoms with Gasteiger partial charge in [-0.15, -0.1) is 6.58 Å². The van der Waals surface area contributed by atoms with Crippen molar-refractivity contribution >= 4 is 0 Å². The van der Waals surface area contributed by atoms with E-state index in [0.29, 0.717) is 0 Å². The van der Waals surface area contributed by atoms with Crippen LogP contribution in [-0.4, -0.2) is 31.9 Å². The first kappa shape index (κ1) is 14.2. The van der Waals surface area contributed by atoms with Crippen molar-refractivity contribution < 1.29 is 35.8 Å². The maximum absolute atomic E-state index is 12.9. The predicted molar refractivity (Wildman–Crippen MR) is 38.0 cm³/mol. The number of ether oxygens (including phenoxy) is 2. The number of halogens is 6. The Hall–Kier alpha value is -0.760. The monoisotopic (exact) mass is 238 g/mol. The normalized spacial score (nSPS) is 16.5. The van der Waals surface area contributed by atoms with Crippen LogP contribution < -0.4 is 0 Å². The molecule has 0 aromatic carbocycles. The molecule has 0 aliphatic rings. The van der Waals surface area contributed by atoms with Crippen LogP contribution in [0.2, 0.25) is 0 Å². The van der Waals surface area contributed by atoms with Crippen LogP contribution >= 0.6 is 0 Å². The van der Waals surface area contributed by atoms with Gasteiger partial charge in [-0.2, -0.15) is 26.3 Å². The van der Waals surface area contributed by atoms with E-state index >= 15 is 0 Å². The fourth-order valence-electron chi connectivity index (χ4n) is 0.597. The molecule has 0 aliphatic heterocycles. The molecule has 0 spiro atoms. The van der Waals surface area contributed by atoms with E-state index < -0.39 is 31.9 Å². The molecule has 0 rings (SSSR count). The molecule has 0 N–H and O–H groups in total. The van der Waals surface area contributed by atoms with Gasteiger partial charge >= 0.3 is 18.6 Å². The van der Waals surface area contributed by atoms with Crippen molar-refractivity contribution in [3.63, 3.8) is 0 Å². The van der Waals surface area contributed by atoms with E-state index in [-0.39, 0.29) is 0 Å². The minimum Gasteiger partial charge on any atom is -0.371 e. The molecule has 8 heteroatoms. The molecule has 0 aliphatic carbocycles. The van der Waals surface area contributed by atoms with Crippen molar-refractivity contribution in [3.05, 3.63) is 12.7 Å². The molecule has 0 amide bonds. The van der Waals surface area contributed by atoms with E-state index in [2.05, 4.69) is 16.1 Å². The Morgan fingerprint density at radius 3 is 2.07 bits per heavy atom. The third kappa shape index (κ3) is 4.52. The van der Waals surface area contributed by atoms with Gasteiger partial charge in [-0.25, -0.2) is 0 Å². The average molecular weight is 238 g/mol. The van der Waals surface area contributed by atoms with Gasteiger partial charge in [0.2, 0.25) is 0 Å². The largest absolute Gasteiger partial charge is 0.451 e. The highest BCUT2D eigenvalue weighted by atomic mass is 19.4. The van der Waals surface area contributed by atoms with E-state index in [9.17, 15) is 26.3 Å². The van der Waals surface area contributed by atoms with Gasteiger partial charge in [0.1, 0.15) is 6.61 Å². The summed E-state index contributed by atoms with van der Waals surface area (Å²) in [5.74, 6) is -4.51. The van der Waals surface area contributed by atoms with E-state index in [4.69, 9.17) is 0 Å². The van der Waals surface area contributed by atoms with E-state index in [0.717, 1.165) is 6.08 Å². The fraction of sp³-hybridized carbons (Fsp3) is 0.714. The molecular weight excluding hydrogens is 230 g/mol. The summed E-state index contributed by atoms with van der Waals surface area (Å²) in [6.07, 6.45) is -4.55. The molecule has 0 aromatic heterocycles. The van der Waals surface area contributed by atoms with Crippen molar-refractivity contribution in [2.24, 2.45) is 0 Å². The molecule has 0 saturated carbocycles. The molecule has 2 nitrogen and oxygen atoms in total. The molecule has 0 radical (unpaired) electrons. The maximum atomic E-state index is 12.9. The Kier molecular flexibility index (Phi) is 5.09. The number of hydrogen-bond donors (Lipinski definition) is 0. The van der Waals surface area contributed by atoms with Crippen LogP contribution in [-0.2, 0) is 9.47 Å². The van der Waals surface area contributed by atoms with Gasteiger partial charge in [0.25, 0.3) is 0 Å². The third-order valence-electron chi connectivity index (χ3n) is 1.22. The molecule has 0 fully saturated rings. The third-order valence-corrected chi connectivity index (χ3v) is 1.22. The molecular formula is C7H8F6O2. The second kappa shape index (κ2) is 5.36. The molecule has 0 saturated heterocycles. The van der Waals surface area contributed by atoms with Crippen molar-refractivity contribution in [1.82, 2.24) is 0 Å². The van der Waals surface area contributed by atoms with E-state index in [1.807, 2.05) is 0 Å². The van der Waals surface area contributed by atoms with Crippen LogP contribution in [0.15, 0.2) is 12.7 Å². The van der Waals surface area contributed by atoms with Crippen molar-refractivity contribution in [2.75, 3.05) is 13.2 Å². The highest BCUT2D eigenvalue weighted by molar-refractivity contribution is 4.78. The minimum atomic E-state index is -5.59. The fourth-order valence-corrected chi connectivity index (χ4v) is 0.597. The van der Waals surface area contributed by atoms with Crippen molar-refractivity contribution in [1.29, 1.82) is 0 Å². The Morgan fingerprint density at radius 1 is 1.20 bits per heavy atom. The summed E-state index contributed by atoms with van der Waals surface area (Å²) in [4.78, 5) is 0. The molecule has 0 aromatic rings.